The topological polar surface area (TPSA) is 108 Å². The Balaban J connectivity index is 1.20. The van der Waals surface area contributed by atoms with Crippen LogP contribution in [0.15, 0.2) is 146 Å². The zero-order valence-electron chi connectivity index (χ0n) is 29.0. The molecule has 1 aromatic heterocycles. The average Bonchev–Trinajstić information content (AvgIpc) is 3.70. The van der Waals surface area contributed by atoms with E-state index in [0.29, 0.717) is 5.56 Å². The molecule has 0 bridgehead atoms. The largest absolute Gasteiger partial charge is 0.394 e. The van der Waals surface area contributed by atoms with Gasteiger partial charge in [-0.1, -0.05) is 133 Å². The number of nitrogens with zero attached hydrogens (tertiary/aromatic N) is 3. The lowest BCUT2D eigenvalue weighted by Crippen LogP contribution is -2.62. The predicted molar refractivity (Wildman–Crippen MR) is 197 cm³/mol. The summed E-state index contributed by atoms with van der Waals surface area (Å²) in [5, 5.41) is 31.7. The summed E-state index contributed by atoms with van der Waals surface area (Å²) in [5.41, 5.74) is 6.95. The molecule has 52 heavy (non-hydrogen) atoms. The van der Waals surface area contributed by atoms with Gasteiger partial charge in [-0.2, -0.15) is 0 Å². The van der Waals surface area contributed by atoms with Crippen molar-refractivity contribution in [2.45, 2.75) is 63.4 Å². The highest BCUT2D eigenvalue weighted by molar-refractivity contribution is 5.58. The molecule has 0 amide bonds. The van der Waals surface area contributed by atoms with Gasteiger partial charge in [0.15, 0.2) is 0 Å². The van der Waals surface area contributed by atoms with Crippen LogP contribution in [0.4, 0.5) is 0 Å². The lowest BCUT2D eigenvalue weighted by atomic mass is 9.87. The van der Waals surface area contributed by atoms with Gasteiger partial charge in [0.25, 0.3) is 0 Å². The molecule has 0 saturated carbocycles. The van der Waals surface area contributed by atoms with Crippen molar-refractivity contribution >= 4 is 0 Å². The van der Waals surface area contributed by atoms with E-state index in [2.05, 4.69) is 10.3 Å². The molecule has 9 nitrogen and oxygen atoms in total. The second-order valence-corrected chi connectivity index (χ2v) is 13.0. The summed E-state index contributed by atoms with van der Waals surface area (Å²) >= 11 is 0. The van der Waals surface area contributed by atoms with Gasteiger partial charge in [-0.25, -0.2) is 4.68 Å². The molecule has 2 N–H and O–H groups in total. The summed E-state index contributed by atoms with van der Waals surface area (Å²) in [6.45, 7) is 2.42. The number of aliphatic hydroxyl groups excluding tert-OH is 2. The maximum Gasteiger partial charge on any atom is 0.117 e. The first-order chi connectivity index (χ1) is 25.6. The third-order valence-corrected chi connectivity index (χ3v) is 9.42. The minimum absolute atomic E-state index is 0.256. The van der Waals surface area contributed by atoms with Crippen molar-refractivity contribution in [1.29, 1.82) is 0 Å². The quantitative estimate of drug-likeness (QED) is 0.128. The number of hydrogen-bond acceptors (Lipinski definition) is 8. The first-order valence-electron chi connectivity index (χ1n) is 17.6. The molecule has 266 valence electrons. The summed E-state index contributed by atoms with van der Waals surface area (Å²) < 4.78 is 28.2. The number of hydrogen-bond donors (Lipinski definition) is 2. The molecular weight excluding hydrogens is 654 g/mol. The van der Waals surface area contributed by atoms with E-state index in [0.717, 1.165) is 39.2 Å². The molecule has 1 saturated heterocycles. The summed E-state index contributed by atoms with van der Waals surface area (Å²) in [6.07, 6.45) is -3.13. The molecule has 6 aromatic rings. The van der Waals surface area contributed by atoms with Crippen LogP contribution in [0.1, 0.15) is 33.9 Å². The highest BCUT2D eigenvalue weighted by atomic mass is 16.6. The van der Waals surface area contributed by atoms with Crippen molar-refractivity contribution in [1.82, 2.24) is 15.0 Å². The van der Waals surface area contributed by atoms with E-state index < -0.39 is 36.6 Å². The van der Waals surface area contributed by atoms with Crippen LogP contribution in [0.2, 0.25) is 0 Å². The summed E-state index contributed by atoms with van der Waals surface area (Å²) in [4.78, 5) is 0. The van der Waals surface area contributed by atoms with Crippen LogP contribution < -0.4 is 0 Å². The fraction of sp³-hybridized carbons (Fsp3) is 0.256. The van der Waals surface area contributed by atoms with Crippen molar-refractivity contribution in [2.24, 2.45) is 0 Å². The standard InChI is InChI=1S/C43H43N3O6/c1-30-24-35(46-25-37(44-45-46)34-20-12-5-13-21-34)22-23-36(30)39(48)41-43(51-29-33-18-10-4-11-19-33)42(50-28-32-16-8-3-9-17-32)40(38(26-47)52-41)49-27-31-14-6-2-7-15-31/h2-25,38-43,47-48H,26-29H2,1H3/t38?,39-,40-,41-,42?,43?/m1/s1. The molecule has 7 rings (SSSR count). The van der Waals surface area contributed by atoms with Gasteiger partial charge in [-0.15, -0.1) is 5.10 Å². The molecule has 6 atom stereocenters. The van der Waals surface area contributed by atoms with Gasteiger partial charge in [0.05, 0.1) is 38.3 Å². The maximum absolute atomic E-state index is 12.2. The number of aromatic nitrogens is 3. The normalized spacial score (nSPS) is 20.8. The Hall–Kier alpha value is -5.00. The lowest BCUT2D eigenvalue weighted by molar-refractivity contribution is -0.285. The van der Waals surface area contributed by atoms with Gasteiger partial charge in [0.2, 0.25) is 0 Å². The smallest absolute Gasteiger partial charge is 0.117 e. The number of aryl methyl sites for hydroxylation is 1. The minimum atomic E-state index is -1.13. The number of benzene rings is 5. The van der Waals surface area contributed by atoms with E-state index in [9.17, 15) is 10.2 Å². The lowest BCUT2D eigenvalue weighted by Gasteiger charge is -2.47. The van der Waals surface area contributed by atoms with Crippen LogP contribution in [0.25, 0.3) is 16.9 Å². The molecule has 5 aromatic carbocycles. The zero-order valence-corrected chi connectivity index (χ0v) is 29.0. The second kappa shape index (κ2) is 17.0. The second-order valence-electron chi connectivity index (χ2n) is 13.0. The van der Waals surface area contributed by atoms with Gasteiger partial charge in [-0.05, 0) is 46.9 Å². The Labute approximate surface area is 304 Å². The molecule has 0 aliphatic carbocycles. The molecule has 0 spiro atoms. The van der Waals surface area contributed by atoms with E-state index in [4.69, 9.17) is 18.9 Å². The van der Waals surface area contributed by atoms with Crippen LogP contribution in [-0.4, -0.2) is 62.3 Å². The fourth-order valence-corrected chi connectivity index (χ4v) is 6.67. The van der Waals surface area contributed by atoms with Crippen LogP contribution in [0, 0.1) is 6.92 Å². The van der Waals surface area contributed by atoms with E-state index >= 15 is 0 Å². The van der Waals surface area contributed by atoms with Gasteiger partial charge in [-0.3, -0.25) is 0 Å². The Kier molecular flexibility index (Phi) is 11.6. The Bertz CT molecular complexity index is 1980. The number of aliphatic hydroxyl groups is 2. The minimum Gasteiger partial charge on any atom is -0.394 e. The van der Waals surface area contributed by atoms with Crippen LogP contribution in [-0.2, 0) is 38.8 Å². The van der Waals surface area contributed by atoms with E-state index in [1.807, 2.05) is 153 Å². The SMILES string of the molecule is Cc1cc(-n2cc(-c3ccccc3)nn2)ccc1[C@@H](O)[C@H]1OC(CO)[C@@H](OCc2ccccc2)C(OCc2ccccc2)C1OCc1ccccc1. The maximum atomic E-state index is 12.2. The molecule has 1 fully saturated rings. The molecular formula is C43H43N3O6. The zero-order chi connectivity index (χ0) is 35.7. The average molecular weight is 698 g/mol. The van der Waals surface area contributed by atoms with Gasteiger partial charge < -0.3 is 29.2 Å². The van der Waals surface area contributed by atoms with Crippen molar-refractivity contribution in [3.05, 3.63) is 174 Å². The van der Waals surface area contributed by atoms with Crippen LogP contribution >= 0.6 is 0 Å². The predicted octanol–water partition coefficient (Wildman–Crippen LogP) is 6.79. The highest BCUT2D eigenvalue weighted by Gasteiger charge is 2.50. The van der Waals surface area contributed by atoms with E-state index in [1.54, 1.807) is 4.68 Å². The fourth-order valence-electron chi connectivity index (χ4n) is 6.67. The third kappa shape index (κ3) is 8.37. The van der Waals surface area contributed by atoms with Crippen molar-refractivity contribution in [2.75, 3.05) is 6.61 Å². The van der Waals surface area contributed by atoms with Crippen molar-refractivity contribution in [3.8, 4) is 16.9 Å². The van der Waals surface area contributed by atoms with Gasteiger partial charge >= 0.3 is 0 Å². The monoisotopic (exact) mass is 697 g/mol. The van der Waals surface area contributed by atoms with E-state index in [1.165, 1.54) is 0 Å². The summed E-state index contributed by atoms with van der Waals surface area (Å²) in [7, 11) is 0. The molecule has 3 unspecified atom stereocenters. The summed E-state index contributed by atoms with van der Waals surface area (Å²) in [6, 6.07) is 45.2. The highest BCUT2D eigenvalue weighted by Crippen LogP contribution is 2.37. The number of ether oxygens (including phenoxy) is 4. The molecule has 1 aliphatic heterocycles. The molecule has 1 aliphatic rings. The third-order valence-electron chi connectivity index (χ3n) is 9.42. The molecule has 9 heteroatoms. The van der Waals surface area contributed by atoms with Gasteiger partial charge in [0.1, 0.15) is 42.3 Å². The Morgan fingerprint density at radius 1 is 0.673 bits per heavy atom. The first kappa shape index (κ1) is 35.4. The first-order valence-corrected chi connectivity index (χ1v) is 17.6. The Morgan fingerprint density at radius 2 is 1.19 bits per heavy atom. The molecule has 2 heterocycles. The van der Waals surface area contributed by atoms with Crippen LogP contribution in [0.3, 0.4) is 0 Å². The van der Waals surface area contributed by atoms with Gasteiger partial charge in [0, 0.05) is 5.56 Å². The Morgan fingerprint density at radius 3 is 1.73 bits per heavy atom. The number of rotatable bonds is 14. The van der Waals surface area contributed by atoms with E-state index in [-0.39, 0.29) is 26.4 Å². The van der Waals surface area contributed by atoms with Crippen molar-refractivity contribution < 1.29 is 29.2 Å². The van der Waals surface area contributed by atoms with Crippen LogP contribution in [0.5, 0.6) is 0 Å². The molecule has 0 radical (unpaired) electrons. The summed E-state index contributed by atoms with van der Waals surface area (Å²) in [5.74, 6) is 0. The van der Waals surface area contributed by atoms with Crippen molar-refractivity contribution in [3.63, 3.8) is 0 Å².